The molecular weight excluding hydrogens is 332 g/mol. The molecule has 0 spiro atoms. The van der Waals surface area contributed by atoms with E-state index < -0.39 is 5.97 Å². The molecule has 0 N–H and O–H groups in total. The lowest BCUT2D eigenvalue weighted by molar-refractivity contribution is -0.142. The number of hydrogen-bond acceptors (Lipinski definition) is 5. The lowest BCUT2D eigenvalue weighted by Gasteiger charge is -2.10. The fourth-order valence-corrected chi connectivity index (χ4v) is 2.55. The van der Waals surface area contributed by atoms with Gasteiger partial charge in [-0.3, -0.25) is 4.79 Å². The summed E-state index contributed by atoms with van der Waals surface area (Å²) in [6.45, 7) is 1.58. The monoisotopic (exact) mass is 350 g/mol. The first-order chi connectivity index (χ1) is 12.6. The summed E-state index contributed by atoms with van der Waals surface area (Å²) >= 11 is 0. The number of methoxy groups -OCH3 is 1. The molecule has 3 rings (SSSR count). The van der Waals surface area contributed by atoms with Crippen molar-refractivity contribution in [3.63, 3.8) is 0 Å². The van der Waals surface area contributed by atoms with Crippen LogP contribution in [0.3, 0.4) is 0 Å². The molecule has 26 heavy (non-hydrogen) atoms. The smallest absolute Gasteiger partial charge is 0.343 e. The maximum atomic E-state index is 12.5. The van der Waals surface area contributed by atoms with E-state index in [1.807, 2.05) is 36.4 Å². The Bertz CT molecular complexity index is 894. The third-order valence-electron chi connectivity index (χ3n) is 3.95. The predicted octanol–water partition coefficient (Wildman–Crippen LogP) is 3.72. The Hall–Kier alpha value is -3.34. The van der Waals surface area contributed by atoms with Gasteiger partial charge >= 0.3 is 5.97 Å². The summed E-state index contributed by atoms with van der Waals surface area (Å²) in [6.07, 6.45) is 5.31. The topological polar surface area (TPSA) is 61.8 Å². The lowest BCUT2D eigenvalue weighted by atomic mass is 10.1. The summed E-state index contributed by atoms with van der Waals surface area (Å²) in [6, 6.07) is 13.1. The van der Waals surface area contributed by atoms with Crippen LogP contribution in [-0.4, -0.2) is 25.5 Å². The van der Waals surface area contributed by atoms with Crippen molar-refractivity contribution < 1.29 is 23.8 Å². The van der Waals surface area contributed by atoms with E-state index in [4.69, 9.17) is 9.47 Å². The number of esters is 1. The number of rotatable bonds is 5. The van der Waals surface area contributed by atoms with Crippen LogP contribution in [-0.2, 0) is 9.53 Å². The number of ether oxygens (including phenoxy) is 3. The molecule has 0 fully saturated rings. The van der Waals surface area contributed by atoms with E-state index in [1.54, 1.807) is 31.2 Å². The molecule has 1 heterocycles. The Morgan fingerprint density at radius 2 is 1.92 bits per heavy atom. The highest BCUT2D eigenvalue weighted by atomic mass is 16.6. The van der Waals surface area contributed by atoms with Crippen molar-refractivity contribution in [2.75, 3.05) is 13.7 Å². The summed E-state index contributed by atoms with van der Waals surface area (Å²) in [4.78, 5) is 23.7. The standard InChI is InChI=1S/C21H18O5/c1-14-17(25-13-19(22)24-2)12-11-16-20(23)18(26-21(14)16)10-6-9-15-7-4-3-5-8-15/h3-12H,13H2,1-2H3/b9-6+,18-10-. The zero-order valence-electron chi connectivity index (χ0n) is 14.5. The SMILES string of the molecule is COC(=O)COc1ccc2c(c1C)O/C(=C\C=C\c1ccccc1)C2=O. The Morgan fingerprint density at radius 3 is 2.65 bits per heavy atom. The van der Waals surface area contributed by atoms with Crippen molar-refractivity contribution in [3.05, 3.63) is 77.1 Å². The summed E-state index contributed by atoms with van der Waals surface area (Å²) in [5.74, 6) is 0.522. The number of carbonyl (C=O) groups is 2. The van der Waals surface area contributed by atoms with Crippen LogP contribution in [0.1, 0.15) is 21.5 Å². The summed E-state index contributed by atoms with van der Waals surface area (Å²) in [7, 11) is 1.29. The zero-order chi connectivity index (χ0) is 18.5. The minimum Gasteiger partial charge on any atom is -0.481 e. The molecule has 1 aliphatic heterocycles. The molecule has 0 bridgehead atoms. The maximum absolute atomic E-state index is 12.5. The second-order valence-corrected chi connectivity index (χ2v) is 5.66. The molecule has 0 aliphatic carbocycles. The van der Waals surface area contributed by atoms with Crippen LogP contribution >= 0.6 is 0 Å². The fourth-order valence-electron chi connectivity index (χ4n) is 2.55. The van der Waals surface area contributed by atoms with E-state index in [-0.39, 0.29) is 18.1 Å². The average molecular weight is 350 g/mol. The molecule has 0 aromatic heterocycles. The van der Waals surface area contributed by atoms with E-state index in [0.29, 0.717) is 22.6 Å². The van der Waals surface area contributed by atoms with Gasteiger partial charge in [0.2, 0.25) is 5.78 Å². The fraction of sp³-hybridized carbons (Fsp3) is 0.143. The molecule has 0 saturated heterocycles. The van der Waals surface area contributed by atoms with Crippen LogP contribution in [0, 0.1) is 6.92 Å². The average Bonchev–Trinajstić information content (AvgIpc) is 2.99. The van der Waals surface area contributed by atoms with Gasteiger partial charge in [-0.25, -0.2) is 4.79 Å². The van der Waals surface area contributed by atoms with Crippen LogP contribution in [0.5, 0.6) is 11.5 Å². The number of fused-ring (bicyclic) bond motifs is 1. The summed E-state index contributed by atoms with van der Waals surface area (Å²) in [5, 5.41) is 0. The molecule has 5 heteroatoms. The van der Waals surface area contributed by atoms with Crippen molar-refractivity contribution in [2.45, 2.75) is 6.92 Å². The second-order valence-electron chi connectivity index (χ2n) is 5.66. The lowest BCUT2D eigenvalue weighted by Crippen LogP contribution is -2.13. The minimum atomic E-state index is -0.478. The normalized spacial score (nSPS) is 14.4. The maximum Gasteiger partial charge on any atom is 0.343 e. The van der Waals surface area contributed by atoms with Crippen LogP contribution in [0.4, 0.5) is 0 Å². The highest BCUT2D eigenvalue weighted by Crippen LogP contribution is 2.38. The Kier molecular flexibility index (Phi) is 5.17. The number of allylic oxidation sites excluding steroid dienone is 3. The first-order valence-electron chi connectivity index (χ1n) is 8.09. The zero-order valence-corrected chi connectivity index (χ0v) is 14.5. The van der Waals surface area contributed by atoms with Crippen molar-refractivity contribution in [3.8, 4) is 11.5 Å². The molecule has 2 aromatic rings. The highest BCUT2D eigenvalue weighted by molar-refractivity contribution is 6.12. The van der Waals surface area contributed by atoms with Gasteiger partial charge in [-0.1, -0.05) is 42.5 Å². The quantitative estimate of drug-likeness (QED) is 0.607. The Balaban J connectivity index is 1.78. The van der Waals surface area contributed by atoms with E-state index in [2.05, 4.69) is 4.74 Å². The van der Waals surface area contributed by atoms with E-state index in [9.17, 15) is 9.59 Å². The van der Waals surface area contributed by atoms with Crippen LogP contribution < -0.4 is 9.47 Å². The second kappa shape index (κ2) is 7.70. The van der Waals surface area contributed by atoms with Crippen molar-refractivity contribution >= 4 is 17.8 Å². The molecule has 0 atom stereocenters. The van der Waals surface area contributed by atoms with Crippen LogP contribution in [0.25, 0.3) is 6.08 Å². The van der Waals surface area contributed by atoms with Gasteiger partial charge in [0, 0.05) is 5.56 Å². The number of benzene rings is 2. The third-order valence-corrected chi connectivity index (χ3v) is 3.95. The van der Waals surface area contributed by atoms with Gasteiger partial charge in [0.25, 0.3) is 0 Å². The first-order valence-corrected chi connectivity index (χ1v) is 8.09. The molecule has 0 unspecified atom stereocenters. The predicted molar refractivity (Wildman–Crippen MR) is 97.2 cm³/mol. The Morgan fingerprint density at radius 1 is 1.15 bits per heavy atom. The molecule has 1 aliphatic rings. The van der Waals surface area contributed by atoms with Gasteiger partial charge in [-0.15, -0.1) is 0 Å². The van der Waals surface area contributed by atoms with Crippen molar-refractivity contribution in [1.29, 1.82) is 0 Å². The van der Waals surface area contributed by atoms with E-state index in [1.165, 1.54) is 7.11 Å². The van der Waals surface area contributed by atoms with E-state index >= 15 is 0 Å². The molecule has 0 radical (unpaired) electrons. The van der Waals surface area contributed by atoms with E-state index in [0.717, 1.165) is 5.56 Å². The molecule has 2 aromatic carbocycles. The third kappa shape index (κ3) is 3.67. The Labute approximate surface area is 151 Å². The van der Waals surface area contributed by atoms with Gasteiger partial charge in [0.05, 0.1) is 12.7 Å². The summed E-state index contributed by atoms with van der Waals surface area (Å²) in [5.41, 5.74) is 2.17. The molecular formula is C21H18O5. The van der Waals surface area contributed by atoms with Crippen LogP contribution in [0.15, 0.2) is 60.4 Å². The highest BCUT2D eigenvalue weighted by Gasteiger charge is 2.29. The molecule has 132 valence electrons. The van der Waals surface area contributed by atoms with Crippen LogP contribution in [0.2, 0.25) is 0 Å². The molecule has 0 amide bonds. The minimum absolute atomic E-state index is 0.180. The molecule has 5 nitrogen and oxygen atoms in total. The largest absolute Gasteiger partial charge is 0.481 e. The van der Waals surface area contributed by atoms with Gasteiger partial charge in [-0.05, 0) is 30.7 Å². The number of ketones is 1. The number of hydrogen-bond donors (Lipinski definition) is 0. The first kappa shape index (κ1) is 17.5. The molecule has 0 saturated carbocycles. The van der Waals surface area contributed by atoms with Gasteiger partial charge in [0.1, 0.15) is 11.5 Å². The summed E-state index contributed by atoms with van der Waals surface area (Å²) < 4.78 is 15.7. The van der Waals surface area contributed by atoms with Crippen molar-refractivity contribution in [1.82, 2.24) is 0 Å². The number of Topliss-reactive ketones (excluding diaryl/α,β-unsaturated/α-hetero) is 1. The van der Waals surface area contributed by atoms with Gasteiger partial charge in [0.15, 0.2) is 12.4 Å². The van der Waals surface area contributed by atoms with Gasteiger partial charge in [-0.2, -0.15) is 0 Å². The van der Waals surface area contributed by atoms with Gasteiger partial charge < -0.3 is 14.2 Å². The van der Waals surface area contributed by atoms with Crippen molar-refractivity contribution in [2.24, 2.45) is 0 Å². The number of carbonyl (C=O) groups excluding carboxylic acids is 2.